The van der Waals surface area contributed by atoms with Crippen molar-refractivity contribution >= 4 is 23.4 Å². The van der Waals surface area contributed by atoms with Crippen molar-refractivity contribution in [2.45, 2.75) is 13.0 Å². The fourth-order valence-electron chi connectivity index (χ4n) is 4.17. The molecular weight excluding hydrogens is 391 g/mol. The molecule has 164 valence electrons. The zero-order valence-electron chi connectivity index (χ0n) is 17.3. The van der Waals surface area contributed by atoms with Gasteiger partial charge in [0.2, 0.25) is 5.91 Å². The number of nitrogens with one attached hydrogen (secondary N) is 2. The number of benzene rings is 1. The highest BCUT2D eigenvalue weighted by Gasteiger charge is 2.33. The molecule has 0 spiro atoms. The Labute approximate surface area is 175 Å². The van der Waals surface area contributed by atoms with Crippen molar-refractivity contribution in [2.24, 2.45) is 0 Å². The molecule has 3 saturated heterocycles. The standard InChI is InChI=1S/C20H29FN6O3/c1-15(28)23-13-17-14-27(20(29)30-17)16-2-3-19(18(21)12-16)24-8-10-26(11-9-24)25-6-4-22-5-7-25/h2-3,12,17,22H,4-11,13-14H2,1H3,(H,23,28). The summed E-state index contributed by atoms with van der Waals surface area (Å²) >= 11 is 0. The maximum atomic E-state index is 14.9. The average Bonchev–Trinajstić information content (AvgIpc) is 3.13. The number of halogens is 1. The number of cyclic esters (lactones) is 1. The van der Waals surface area contributed by atoms with Gasteiger partial charge in [0.1, 0.15) is 11.9 Å². The number of hydrogen-bond donors (Lipinski definition) is 2. The van der Waals surface area contributed by atoms with E-state index in [9.17, 15) is 14.0 Å². The van der Waals surface area contributed by atoms with Crippen molar-refractivity contribution < 1.29 is 18.7 Å². The molecule has 2 amide bonds. The van der Waals surface area contributed by atoms with Gasteiger partial charge in [-0.1, -0.05) is 0 Å². The van der Waals surface area contributed by atoms with Crippen molar-refractivity contribution in [3.8, 4) is 0 Å². The summed E-state index contributed by atoms with van der Waals surface area (Å²) in [7, 11) is 0. The number of piperazine rings is 2. The third-order valence-electron chi connectivity index (χ3n) is 5.79. The second kappa shape index (κ2) is 9.15. The van der Waals surface area contributed by atoms with Crippen LogP contribution in [-0.2, 0) is 9.53 Å². The average molecular weight is 420 g/mol. The van der Waals surface area contributed by atoms with E-state index < -0.39 is 12.2 Å². The third kappa shape index (κ3) is 4.66. The SMILES string of the molecule is CC(=O)NCC1CN(c2ccc(N3CCN(N4CCNCC4)CC3)c(F)c2)C(=O)O1. The van der Waals surface area contributed by atoms with Crippen molar-refractivity contribution in [2.75, 3.05) is 75.2 Å². The summed E-state index contributed by atoms with van der Waals surface area (Å²) in [6.07, 6.45) is -0.968. The topological polar surface area (TPSA) is 80.4 Å². The first kappa shape index (κ1) is 20.8. The summed E-state index contributed by atoms with van der Waals surface area (Å²) in [5.74, 6) is -0.529. The van der Waals surface area contributed by atoms with E-state index in [2.05, 4.69) is 25.6 Å². The molecule has 3 heterocycles. The maximum absolute atomic E-state index is 14.9. The first-order valence-corrected chi connectivity index (χ1v) is 10.5. The van der Waals surface area contributed by atoms with Gasteiger partial charge in [0.15, 0.2) is 0 Å². The Bertz CT molecular complexity index is 780. The Balaban J connectivity index is 1.35. The fraction of sp³-hybridized carbons (Fsp3) is 0.600. The molecule has 30 heavy (non-hydrogen) atoms. The van der Waals surface area contributed by atoms with E-state index in [-0.39, 0.29) is 24.8 Å². The van der Waals surface area contributed by atoms with Gasteiger partial charge in [-0.25, -0.2) is 19.2 Å². The van der Waals surface area contributed by atoms with Crippen LogP contribution in [0.2, 0.25) is 0 Å². The van der Waals surface area contributed by atoms with Gasteiger partial charge in [-0.15, -0.1) is 0 Å². The number of hydrazine groups is 1. The lowest BCUT2D eigenvalue weighted by Crippen LogP contribution is -2.58. The summed E-state index contributed by atoms with van der Waals surface area (Å²) < 4.78 is 20.2. The van der Waals surface area contributed by atoms with Crippen molar-refractivity contribution in [3.05, 3.63) is 24.0 Å². The van der Waals surface area contributed by atoms with E-state index in [4.69, 9.17) is 4.74 Å². The van der Waals surface area contributed by atoms with Crippen molar-refractivity contribution in [1.29, 1.82) is 0 Å². The molecule has 0 radical (unpaired) electrons. The quantitative estimate of drug-likeness (QED) is 0.706. The molecule has 3 aliphatic rings. The lowest BCUT2D eigenvalue weighted by molar-refractivity contribution is -0.119. The van der Waals surface area contributed by atoms with Crippen LogP contribution in [0.1, 0.15) is 6.92 Å². The molecule has 1 unspecified atom stereocenters. The van der Waals surface area contributed by atoms with Crippen LogP contribution in [0, 0.1) is 5.82 Å². The predicted octanol–water partition coefficient (Wildman–Crippen LogP) is 0.229. The van der Waals surface area contributed by atoms with Crippen LogP contribution in [0.3, 0.4) is 0 Å². The molecule has 0 saturated carbocycles. The van der Waals surface area contributed by atoms with E-state index in [0.717, 1.165) is 52.4 Å². The Morgan fingerprint density at radius 3 is 2.53 bits per heavy atom. The normalized spacial score (nSPS) is 23.5. The highest BCUT2D eigenvalue weighted by molar-refractivity contribution is 5.90. The van der Waals surface area contributed by atoms with Gasteiger partial charge in [-0.3, -0.25) is 9.69 Å². The highest BCUT2D eigenvalue weighted by Crippen LogP contribution is 2.28. The molecule has 9 nitrogen and oxygen atoms in total. The molecule has 3 aliphatic heterocycles. The molecule has 1 aromatic rings. The summed E-state index contributed by atoms with van der Waals surface area (Å²) in [6.45, 7) is 9.20. The van der Waals surface area contributed by atoms with Crippen LogP contribution in [0.15, 0.2) is 18.2 Å². The van der Waals surface area contributed by atoms with Gasteiger partial charge >= 0.3 is 6.09 Å². The van der Waals surface area contributed by atoms with Crippen LogP contribution in [0.25, 0.3) is 0 Å². The lowest BCUT2D eigenvalue weighted by Gasteiger charge is -2.43. The molecule has 0 bridgehead atoms. The van der Waals surface area contributed by atoms with E-state index in [1.807, 2.05) is 0 Å². The number of ether oxygens (including phenoxy) is 1. The number of hydrogen-bond acceptors (Lipinski definition) is 7. The van der Waals surface area contributed by atoms with E-state index in [1.54, 1.807) is 12.1 Å². The first-order chi connectivity index (χ1) is 14.5. The summed E-state index contributed by atoms with van der Waals surface area (Å²) in [4.78, 5) is 26.7. The summed E-state index contributed by atoms with van der Waals surface area (Å²) in [6, 6.07) is 4.88. The van der Waals surface area contributed by atoms with Crippen molar-refractivity contribution in [3.63, 3.8) is 0 Å². The first-order valence-electron chi connectivity index (χ1n) is 10.5. The molecule has 4 rings (SSSR count). The Morgan fingerprint density at radius 2 is 1.87 bits per heavy atom. The zero-order chi connectivity index (χ0) is 21.1. The summed E-state index contributed by atoms with van der Waals surface area (Å²) in [5, 5.41) is 10.7. The van der Waals surface area contributed by atoms with Crippen molar-refractivity contribution in [1.82, 2.24) is 20.7 Å². The predicted molar refractivity (Wildman–Crippen MR) is 111 cm³/mol. The van der Waals surface area contributed by atoms with Gasteiger partial charge in [0.25, 0.3) is 0 Å². The molecule has 1 aromatic carbocycles. The van der Waals surface area contributed by atoms with Crippen LogP contribution < -0.4 is 20.4 Å². The molecule has 0 aliphatic carbocycles. The zero-order valence-corrected chi connectivity index (χ0v) is 17.3. The minimum absolute atomic E-state index is 0.183. The number of carbonyl (C=O) groups excluding carboxylic acids is 2. The number of amides is 2. The van der Waals surface area contributed by atoms with Gasteiger partial charge in [0, 0.05) is 59.3 Å². The van der Waals surface area contributed by atoms with Gasteiger partial charge in [0.05, 0.1) is 24.5 Å². The molecular formula is C20H29FN6O3. The Kier molecular flexibility index (Phi) is 6.35. The van der Waals surface area contributed by atoms with Gasteiger partial charge in [-0.05, 0) is 18.2 Å². The van der Waals surface area contributed by atoms with Gasteiger partial charge in [-0.2, -0.15) is 0 Å². The number of anilines is 2. The monoisotopic (exact) mass is 420 g/mol. The number of carbonyl (C=O) groups is 2. The van der Waals surface area contributed by atoms with Crippen LogP contribution in [0.5, 0.6) is 0 Å². The van der Waals surface area contributed by atoms with Gasteiger partial charge < -0.3 is 20.3 Å². The fourth-order valence-corrected chi connectivity index (χ4v) is 4.17. The van der Waals surface area contributed by atoms with E-state index >= 15 is 0 Å². The molecule has 3 fully saturated rings. The maximum Gasteiger partial charge on any atom is 0.414 e. The van der Waals surface area contributed by atoms with E-state index in [0.29, 0.717) is 11.4 Å². The third-order valence-corrected chi connectivity index (χ3v) is 5.79. The smallest absolute Gasteiger partial charge is 0.414 e. The molecule has 10 heteroatoms. The van der Waals surface area contributed by atoms with E-state index in [1.165, 1.54) is 17.9 Å². The van der Waals surface area contributed by atoms with Crippen LogP contribution in [-0.4, -0.2) is 93.6 Å². The second-order valence-corrected chi connectivity index (χ2v) is 7.83. The largest absolute Gasteiger partial charge is 0.442 e. The second-order valence-electron chi connectivity index (χ2n) is 7.83. The van der Waals surface area contributed by atoms with Crippen LogP contribution in [0.4, 0.5) is 20.6 Å². The lowest BCUT2D eigenvalue weighted by atomic mass is 10.2. The van der Waals surface area contributed by atoms with Crippen LogP contribution >= 0.6 is 0 Å². The number of rotatable bonds is 5. The minimum atomic E-state index is -0.526. The Hall–Kier alpha value is -2.43. The summed E-state index contributed by atoms with van der Waals surface area (Å²) in [5.41, 5.74) is 1.02. The molecule has 2 N–H and O–H groups in total. The Morgan fingerprint density at radius 1 is 1.17 bits per heavy atom. The number of nitrogens with zero attached hydrogens (tertiary/aromatic N) is 4. The molecule has 0 aromatic heterocycles. The molecule has 1 atom stereocenters. The highest BCUT2D eigenvalue weighted by atomic mass is 19.1. The minimum Gasteiger partial charge on any atom is -0.442 e.